The van der Waals surface area contributed by atoms with Gasteiger partial charge in [-0.25, -0.2) is 0 Å². The van der Waals surface area contributed by atoms with Crippen LogP contribution in [0, 0.1) is 0 Å². The van der Waals surface area contributed by atoms with Gasteiger partial charge >= 0.3 is 0 Å². The summed E-state index contributed by atoms with van der Waals surface area (Å²) in [5.41, 5.74) is 16.1. The van der Waals surface area contributed by atoms with Crippen molar-refractivity contribution in [2.45, 2.75) is 225 Å². The normalized spacial score (nSPS) is 13.7. The number of rotatable bonds is 22. The molecular weight excluding hydrogens is 1190 g/mol. The van der Waals surface area contributed by atoms with Crippen molar-refractivity contribution in [3.63, 3.8) is 0 Å². The van der Waals surface area contributed by atoms with Gasteiger partial charge in [0.2, 0.25) is 0 Å². The third-order valence-corrected chi connectivity index (χ3v) is 20.3. The van der Waals surface area contributed by atoms with Gasteiger partial charge in [0.25, 0.3) is 0 Å². The van der Waals surface area contributed by atoms with Gasteiger partial charge in [0.05, 0.1) is 0 Å². The molecule has 0 fully saturated rings. The largest absolute Gasteiger partial charge is 0.376 e. The summed E-state index contributed by atoms with van der Waals surface area (Å²) in [6, 6.07) is 62.4. The van der Waals surface area contributed by atoms with Gasteiger partial charge in [0.15, 0.2) is 0 Å². The summed E-state index contributed by atoms with van der Waals surface area (Å²) in [6.45, 7) is 31.6. The van der Waals surface area contributed by atoms with E-state index in [2.05, 4.69) is 299 Å². The Hall–Kier alpha value is -5.36. The van der Waals surface area contributed by atoms with Crippen LogP contribution >= 0.6 is 31.9 Å². The van der Waals surface area contributed by atoms with Crippen LogP contribution in [0.25, 0.3) is 33.4 Å². The average Bonchev–Trinajstić information content (AvgIpc) is 1.66. The summed E-state index contributed by atoms with van der Waals surface area (Å²) in [5, 5.41) is 28.1. The number of hydrogen-bond donors (Lipinski definition) is 2. The molecule has 4 heteroatoms. The molecule has 0 heterocycles. The lowest BCUT2D eigenvalue weighted by atomic mass is 9.69. The van der Waals surface area contributed by atoms with Crippen LogP contribution in [0.5, 0.6) is 0 Å². The zero-order chi connectivity index (χ0) is 62.7. The molecular formula is C83H100Br2O2. The molecule has 0 saturated heterocycles. The van der Waals surface area contributed by atoms with E-state index in [1.165, 1.54) is 109 Å². The smallest absolute Gasteiger partial charge is 0.141 e. The number of halogens is 2. The van der Waals surface area contributed by atoms with Gasteiger partial charge in [0.1, 0.15) is 11.2 Å². The lowest BCUT2D eigenvalue weighted by Gasteiger charge is -2.35. The fourth-order valence-corrected chi connectivity index (χ4v) is 14.6. The number of benzene rings is 8. The van der Waals surface area contributed by atoms with E-state index in [9.17, 15) is 10.2 Å². The Kier molecular flexibility index (Phi) is 20.2. The van der Waals surface area contributed by atoms with Crippen LogP contribution in [-0.2, 0) is 38.3 Å². The molecule has 0 amide bonds. The number of hydrogen-bond acceptors (Lipinski definition) is 2. The van der Waals surface area contributed by atoms with Crippen molar-refractivity contribution in [2.75, 3.05) is 0 Å². The quantitative estimate of drug-likeness (QED) is 0.0524. The van der Waals surface area contributed by atoms with E-state index < -0.39 is 11.2 Å². The second kappa shape index (κ2) is 26.6. The Morgan fingerprint density at radius 2 is 0.552 bits per heavy atom. The Balaban J connectivity index is 1.26. The first-order valence-corrected chi connectivity index (χ1v) is 34.5. The predicted molar refractivity (Wildman–Crippen MR) is 380 cm³/mol. The van der Waals surface area contributed by atoms with Crippen molar-refractivity contribution in [3.8, 4) is 33.4 Å². The van der Waals surface area contributed by atoms with Gasteiger partial charge in [0, 0.05) is 25.5 Å². The van der Waals surface area contributed by atoms with E-state index in [0.29, 0.717) is 0 Å². The summed E-state index contributed by atoms with van der Waals surface area (Å²) in [4.78, 5) is 0. The first-order valence-electron chi connectivity index (χ1n) is 32.9. The molecule has 458 valence electrons. The highest BCUT2D eigenvalue weighted by Gasteiger charge is 2.45. The maximum absolute atomic E-state index is 14.1. The fraction of sp³-hybridized carbons (Fsp3) is 0.422. The van der Waals surface area contributed by atoms with E-state index in [0.717, 1.165) is 90.3 Å². The van der Waals surface area contributed by atoms with Crippen molar-refractivity contribution < 1.29 is 10.2 Å². The minimum absolute atomic E-state index is 0.0476. The Labute approximate surface area is 542 Å². The van der Waals surface area contributed by atoms with Crippen LogP contribution in [0.2, 0.25) is 0 Å². The van der Waals surface area contributed by atoms with Crippen molar-refractivity contribution >= 4 is 31.9 Å². The first kappa shape index (κ1) is 66.1. The summed E-state index contributed by atoms with van der Waals surface area (Å²) in [6.07, 6.45) is 16.7. The molecule has 0 unspecified atom stereocenters. The zero-order valence-corrected chi connectivity index (χ0v) is 58.4. The number of fused-ring (bicyclic) bond motifs is 3. The molecule has 8 aromatic carbocycles. The maximum Gasteiger partial charge on any atom is 0.141 e. The fourth-order valence-electron chi connectivity index (χ4n) is 13.8. The van der Waals surface area contributed by atoms with E-state index >= 15 is 0 Å². The van der Waals surface area contributed by atoms with Crippen molar-refractivity contribution in [1.82, 2.24) is 0 Å². The minimum atomic E-state index is -1.50. The monoisotopic (exact) mass is 1290 g/mol. The molecule has 9 rings (SSSR count). The van der Waals surface area contributed by atoms with Crippen LogP contribution in [-0.4, -0.2) is 10.2 Å². The van der Waals surface area contributed by atoms with Gasteiger partial charge in [-0.05, 0) is 160 Å². The first-order chi connectivity index (χ1) is 41.1. The Morgan fingerprint density at radius 3 is 0.828 bits per heavy atom. The highest BCUT2D eigenvalue weighted by molar-refractivity contribution is 9.10. The molecule has 0 aliphatic heterocycles. The third-order valence-electron chi connectivity index (χ3n) is 19.3. The molecule has 0 atom stereocenters. The van der Waals surface area contributed by atoms with Gasteiger partial charge in [-0.3, -0.25) is 0 Å². The van der Waals surface area contributed by atoms with Gasteiger partial charge < -0.3 is 10.2 Å². The zero-order valence-electron chi connectivity index (χ0n) is 55.2. The summed E-state index contributed by atoms with van der Waals surface area (Å²) < 4.78 is 1.84. The average molecular weight is 1290 g/mol. The molecule has 1 aliphatic rings. The van der Waals surface area contributed by atoms with E-state index in [-0.39, 0.29) is 27.1 Å². The molecule has 0 bridgehead atoms. The summed E-state index contributed by atoms with van der Waals surface area (Å²) >= 11 is 7.87. The lowest BCUT2D eigenvalue weighted by molar-refractivity contribution is 0.126. The van der Waals surface area contributed by atoms with E-state index in [1.54, 1.807) is 0 Å². The third kappa shape index (κ3) is 14.0. The van der Waals surface area contributed by atoms with E-state index in [1.807, 2.05) is 0 Å². The Bertz CT molecular complexity index is 3250. The van der Waals surface area contributed by atoms with Crippen molar-refractivity contribution in [2.24, 2.45) is 0 Å². The SMILES string of the molecule is CCCCCCCCC1(CCCCCCCC)c2cc(-c3ccc(Br)cc3C(O)(c3ccc(C(C)(C)C)cc3)c3ccc(C(C)(C)C)cc3)ccc2-c2ccc(-c3ccc(Br)cc3C(O)(c3ccc(C(C)(C)C)cc3)c3ccc(C(C)(C)C)cc3)cc21. The molecule has 8 aromatic rings. The van der Waals surface area contributed by atoms with Crippen molar-refractivity contribution in [3.05, 3.63) is 246 Å². The highest BCUT2D eigenvalue weighted by Crippen LogP contribution is 2.57. The van der Waals surface area contributed by atoms with Crippen LogP contribution in [0.15, 0.2) is 179 Å². The molecule has 1 aliphatic carbocycles. The topological polar surface area (TPSA) is 40.5 Å². The lowest BCUT2D eigenvalue weighted by Crippen LogP contribution is -2.30. The standard InChI is InChI=1S/C83H100Br2O2/c1-15-17-19-21-23-25-51-81(52-26-24-22-20-18-16-2)73-53-57(69-49-45-67(84)55-75(69)82(86,63-37-29-59(30-38-63)77(3,4)5)64-39-31-60(32-40-64)78(6,7)8)27-47-71(73)72-48-28-58(54-74(72)81)70-50-46-68(85)56-76(70)83(87,65-41-33-61(34-42-65)79(9,10)11)66-43-35-62(36-44-66)80(12,13)14/h27-50,53-56,86-87H,15-26,51-52H2,1-14H3. The molecule has 0 aromatic heterocycles. The predicted octanol–water partition coefficient (Wildman–Crippen LogP) is 24.1. The molecule has 2 nitrogen and oxygen atoms in total. The van der Waals surface area contributed by atoms with Gasteiger partial charge in [-0.15, -0.1) is 0 Å². The van der Waals surface area contributed by atoms with Gasteiger partial charge in [-0.2, -0.15) is 0 Å². The highest BCUT2D eigenvalue weighted by atomic mass is 79.9. The summed E-state index contributed by atoms with van der Waals surface area (Å²) in [5.74, 6) is 0. The second-order valence-corrected chi connectivity index (χ2v) is 31.6. The van der Waals surface area contributed by atoms with Crippen molar-refractivity contribution in [1.29, 1.82) is 0 Å². The van der Waals surface area contributed by atoms with Crippen LogP contribution in [0.4, 0.5) is 0 Å². The molecule has 0 spiro atoms. The number of aliphatic hydroxyl groups is 2. The molecule has 87 heavy (non-hydrogen) atoms. The van der Waals surface area contributed by atoms with E-state index in [4.69, 9.17) is 0 Å². The van der Waals surface area contributed by atoms with Crippen LogP contribution in [0.1, 0.15) is 254 Å². The van der Waals surface area contributed by atoms with Crippen LogP contribution < -0.4 is 0 Å². The summed E-state index contributed by atoms with van der Waals surface area (Å²) in [7, 11) is 0. The number of unbranched alkanes of at least 4 members (excludes halogenated alkanes) is 10. The minimum Gasteiger partial charge on any atom is -0.376 e. The van der Waals surface area contributed by atoms with Gasteiger partial charge in [-0.1, -0.05) is 339 Å². The van der Waals surface area contributed by atoms with Crippen LogP contribution in [0.3, 0.4) is 0 Å². The maximum atomic E-state index is 14.1. The molecule has 0 saturated carbocycles. The second-order valence-electron chi connectivity index (χ2n) is 29.7. The molecule has 2 N–H and O–H groups in total. The molecule has 0 radical (unpaired) electrons. The Morgan fingerprint density at radius 1 is 0.299 bits per heavy atom.